The Morgan fingerprint density at radius 1 is 1.00 bits per heavy atom. The maximum absolute atomic E-state index is 13.3. The molecule has 0 saturated heterocycles. The highest BCUT2D eigenvalue weighted by atomic mass is 32.2. The van der Waals surface area contributed by atoms with Crippen LogP contribution < -0.4 is 0 Å². The van der Waals surface area contributed by atoms with Gasteiger partial charge in [-0.1, -0.05) is 30.3 Å². The minimum Gasteiger partial charge on any atom is -0.419 e. The van der Waals surface area contributed by atoms with Gasteiger partial charge in [-0.3, -0.25) is 0 Å². The zero-order chi connectivity index (χ0) is 21.2. The van der Waals surface area contributed by atoms with E-state index in [1.807, 2.05) is 6.07 Å². The van der Waals surface area contributed by atoms with Crippen LogP contribution in [0.5, 0.6) is 0 Å². The van der Waals surface area contributed by atoms with Crippen LogP contribution in [0, 0.1) is 0 Å². The van der Waals surface area contributed by atoms with E-state index in [0.29, 0.717) is 5.56 Å². The second kappa shape index (κ2) is 7.96. The molecule has 0 fully saturated rings. The number of aromatic nitrogens is 2. The number of hydrogen-bond donors (Lipinski definition) is 0. The van der Waals surface area contributed by atoms with Crippen LogP contribution in [0.4, 0.5) is 13.2 Å². The molecular formula is C19H18F3N3O3S. The second-order valence-corrected chi connectivity index (χ2v) is 8.36. The molecule has 0 amide bonds. The molecule has 6 nitrogen and oxygen atoms in total. The van der Waals surface area contributed by atoms with Crippen molar-refractivity contribution in [2.24, 2.45) is 0 Å². The van der Waals surface area contributed by atoms with Crippen LogP contribution in [-0.2, 0) is 22.7 Å². The zero-order valence-electron chi connectivity index (χ0n) is 15.6. The van der Waals surface area contributed by atoms with Crippen molar-refractivity contribution in [1.29, 1.82) is 0 Å². The molecule has 0 bridgehead atoms. The summed E-state index contributed by atoms with van der Waals surface area (Å²) in [5.41, 5.74) is -0.575. The number of benzene rings is 2. The van der Waals surface area contributed by atoms with Crippen molar-refractivity contribution in [2.45, 2.75) is 37.5 Å². The Morgan fingerprint density at radius 2 is 1.62 bits per heavy atom. The molecule has 0 radical (unpaired) electrons. The maximum Gasteiger partial charge on any atom is 0.417 e. The molecule has 0 saturated carbocycles. The van der Waals surface area contributed by atoms with Crippen LogP contribution in [0.25, 0.3) is 11.5 Å². The van der Waals surface area contributed by atoms with Crippen molar-refractivity contribution in [3.05, 3.63) is 66.1 Å². The predicted octanol–water partition coefficient (Wildman–Crippen LogP) is 4.35. The van der Waals surface area contributed by atoms with Crippen LogP contribution >= 0.6 is 0 Å². The summed E-state index contributed by atoms with van der Waals surface area (Å²) in [7, 11) is -4.48. The molecule has 0 aliphatic carbocycles. The number of rotatable bonds is 6. The Morgan fingerprint density at radius 3 is 2.24 bits per heavy atom. The van der Waals surface area contributed by atoms with Gasteiger partial charge in [0.25, 0.3) is 0 Å². The number of hydrogen-bond acceptors (Lipinski definition) is 5. The highest BCUT2D eigenvalue weighted by Crippen LogP contribution is 2.36. The Hall–Kier alpha value is -2.72. The molecule has 3 rings (SSSR count). The van der Waals surface area contributed by atoms with E-state index in [1.54, 1.807) is 38.1 Å². The highest BCUT2D eigenvalue weighted by Gasteiger charge is 2.39. The van der Waals surface area contributed by atoms with E-state index in [0.717, 1.165) is 22.5 Å². The summed E-state index contributed by atoms with van der Waals surface area (Å²) < 4.78 is 72.6. The molecular weight excluding hydrogens is 407 g/mol. The summed E-state index contributed by atoms with van der Waals surface area (Å²) in [5, 5.41) is 7.74. The normalized spacial score (nSPS) is 12.7. The molecule has 1 heterocycles. The van der Waals surface area contributed by atoms with Gasteiger partial charge in [-0.2, -0.15) is 17.5 Å². The Kier molecular flexibility index (Phi) is 5.76. The van der Waals surface area contributed by atoms with E-state index in [1.165, 1.54) is 6.07 Å². The predicted molar refractivity (Wildman–Crippen MR) is 99.0 cm³/mol. The molecule has 0 aliphatic rings. The molecule has 1 aromatic heterocycles. The minimum atomic E-state index is -4.81. The first-order valence-corrected chi connectivity index (χ1v) is 10.1. The van der Waals surface area contributed by atoms with E-state index in [4.69, 9.17) is 4.42 Å². The molecule has 29 heavy (non-hydrogen) atoms. The molecule has 0 spiro atoms. The minimum absolute atomic E-state index is 0.0226. The fourth-order valence-electron chi connectivity index (χ4n) is 2.75. The molecule has 3 aromatic rings. The largest absolute Gasteiger partial charge is 0.419 e. The van der Waals surface area contributed by atoms with Crippen molar-refractivity contribution in [3.63, 3.8) is 0 Å². The smallest absolute Gasteiger partial charge is 0.417 e. The molecule has 154 valence electrons. The topological polar surface area (TPSA) is 76.3 Å². The quantitative estimate of drug-likeness (QED) is 0.587. The van der Waals surface area contributed by atoms with Gasteiger partial charge in [-0.05, 0) is 38.1 Å². The van der Waals surface area contributed by atoms with Gasteiger partial charge >= 0.3 is 6.18 Å². The van der Waals surface area contributed by atoms with Crippen LogP contribution in [-0.4, -0.2) is 29.0 Å². The summed E-state index contributed by atoms with van der Waals surface area (Å²) in [6.07, 6.45) is -4.81. The third-order valence-corrected chi connectivity index (χ3v) is 6.21. The second-order valence-electron chi connectivity index (χ2n) is 6.50. The Labute approximate surface area is 166 Å². The van der Waals surface area contributed by atoms with Gasteiger partial charge in [-0.25, -0.2) is 8.42 Å². The van der Waals surface area contributed by atoms with Crippen LogP contribution in [0.3, 0.4) is 0 Å². The van der Waals surface area contributed by atoms with E-state index in [9.17, 15) is 21.6 Å². The summed E-state index contributed by atoms with van der Waals surface area (Å²) in [6, 6.07) is 12.3. The monoisotopic (exact) mass is 425 g/mol. The van der Waals surface area contributed by atoms with Gasteiger partial charge in [0.15, 0.2) is 0 Å². The van der Waals surface area contributed by atoms with Crippen molar-refractivity contribution < 1.29 is 26.0 Å². The molecule has 0 N–H and O–H groups in total. The number of alkyl halides is 3. The molecule has 0 aliphatic heterocycles. The van der Waals surface area contributed by atoms with E-state index in [-0.39, 0.29) is 18.3 Å². The van der Waals surface area contributed by atoms with Crippen molar-refractivity contribution in [1.82, 2.24) is 14.5 Å². The van der Waals surface area contributed by atoms with Crippen molar-refractivity contribution in [2.75, 3.05) is 0 Å². The van der Waals surface area contributed by atoms with E-state index >= 15 is 0 Å². The average molecular weight is 425 g/mol. The first-order valence-electron chi connectivity index (χ1n) is 8.66. The fourth-order valence-corrected chi connectivity index (χ4v) is 4.55. The highest BCUT2D eigenvalue weighted by molar-refractivity contribution is 7.89. The van der Waals surface area contributed by atoms with Gasteiger partial charge in [0, 0.05) is 11.6 Å². The Bertz CT molecular complexity index is 1080. The van der Waals surface area contributed by atoms with Crippen LogP contribution in [0.2, 0.25) is 0 Å². The lowest BCUT2D eigenvalue weighted by Crippen LogP contribution is -2.37. The van der Waals surface area contributed by atoms with Gasteiger partial charge in [-0.15, -0.1) is 10.2 Å². The number of sulfonamides is 1. The van der Waals surface area contributed by atoms with E-state index in [2.05, 4.69) is 10.2 Å². The van der Waals surface area contributed by atoms with Crippen molar-refractivity contribution >= 4 is 10.0 Å². The molecule has 10 heteroatoms. The first kappa shape index (κ1) is 21.0. The van der Waals surface area contributed by atoms with Crippen molar-refractivity contribution in [3.8, 4) is 11.5 Å². The fraction of sp³-hybridized carbons (Fsp3) is 0.263. The number of nitrogens with zero attached hydrogens (tertiary/aromatic N) is 3. The summed E-state index contributed by atoms with van der Waals surface area (Å²) in [6.45, 7) is 2.76. The average Bonchev–Trinajstić information content (AvgIpc) is 3.14. The maximum atomic E-state index is 13.3. The summed E-state index contributed by atoms with van der Waals surface area (Å²) in [4.78, 5) is -0.816. The van der Waals surface area contributed by atoms with Gasteiger partial charge < -0.3 is 4.42 Å². The first-order chi connectivity index (χ1) is 13.6. The Balaban J connectivity index is 1.96. The third-order valence-electron chi connectivity index (χ3n) is 4.13. The van der Waals surface area contributed by atoms with Crippen LogP contribution in [0.15, 0.2) is 63.9 Å². The summed E-state index contributed by atoms with van der Waals surface area (Å²) >= 11 is 0. The lowest BCUT2D eigenvalue weighted by molar-refractivity contribution is -0.139. The van der Waals surface area contributed by atoms with Gasteiger partial charge in [0.05, 0.1) is 17.0 Å². The zero-order valence-corrected chi connectivity index (χ0v) is 16.4. The van der Waals surface area contributed by atoms with Gasteiger partial charge in [0.1, 0.15) is 0 Å². The summed E-state index contributed by atoms with van der Waals surface area (Å²) in [5.74, 6) is 0.169. The standard InChI is InChI=1S/C19H18F3N3O3S/c1-13(2)25(12-17-23-24-18(28-17)14-8-4-3-5-9-14)29(26,27)16-11-7-6-10-15(16)19(20,21)22/h3-11,13H,12H2,1-2H3. The van der Waals surface area contributed by atoms with Gasteiger partial charge in [0.2, 0.25) is 21.8 Å². The molecule has 2 aromatic carbocycles. The third kappa shape index (κ3) is 4.48. The van der Waals surface area contributed by atoms with Crippen LogP contribution in [0.1, 0.15) is 25.3 Å². The SMILES string of the molecule is CC(C)N(Cc1nnc(-c2ccccc2)o1)S(=O)(=O)c1ccccc1C(F)(F)F. The molecule has 0 unspecified atom stereocenters. The number of halogens is 3. The van der Waals surface area contributed by atoms with E-state index < -0.39 is 32.7 Å². The lowest BCUT2D eigenvalue weighted by atomic mass is 10.2. The molecule has 0 atom stereocenters. The lowest BCUT2D eigenvalue weighted by Gasteiger charge is -2.26.